The average molecular weight is 275 g/mol. The van der Waals surface area contributed by atoms with E-state index in [9.17, 15) is 4.39 Å². The third-order valence-electron chi connectivity index (χ3n) is 1.87. The second kappa shape index (κ2) is 6.07. The van der Waals surface area contributed by atoms with Gasteiger partial charge in [0.15, 0.2) is 0 Å². The Labute approximate surface area is 97.4 Å². The number of alkyl halides is 2. The predicted molar refractivity (Wildman–Crippen MR) is 64.0 cm³/mol. The van der Waals surface area contributed by atoms with Gasteiger partial charge < -0.3 is 10.3 Å². The second-order valence-corrected chi connectivity index (χ2v) is 4.03. The molecule has 15 heavy (non-hydrogen) atoms. The Morgan fingerprint density at radius 2 is 2.47 bits per heavy atom. The van der Waals surface area contributed by atoms with Crippen LogP contribution in [0.2, 0.25) is 6.82 Å². The number of nitrogens with zero attached hydrogens (tertiary/aromatic N) is 1. The van der Waals surface area contributed by atoms with E-state index in [-0.39, 0.29) is 0 Å². The molecule has 6 heteroatoms. The van der Waals surface area contributed by atoms with E-state index in [1.165, 1.54) is 6.20 Å². The van der Waals surface area contributed by atoms with E-state index < -0.39 is 13.2 Å². The van der Waals surface area contributed by atoms with Crippen LogP contribution in [0, 0.1) is 0 Å². The summed E-state index contributed by atoms with van der Waals surface area (Å²) in [6, 6.07) is 3.25. The molecule has 0 aromatic carbocycles. The summed E-state index contributed by atoms with van der Waals surface area (Å²) >= 11 is 3.19. The van der Waals surface area contributed by atoms with Gasteiger partial charge in [-0.1, -0.05) is 15.9 Å². The molecule has 1 unspecified atom stereocenters. The number of aromatic nitrogens is 1. The predicted octanol–water partition coefficient (Wildman–Crippen LogP) is 2.40. The van der Waals surface area contributed by atoms with Crippen LogP contribution in [0.5, 0.6) is 0 Å². The standard InChI is InChI=1S/C9H13BBrFN2O/c1-10(15)14-9-6-7(3-5-13-9)8(12)2-4-11/h3,5-6,8,15H,2,4H2,1H3,(H,13,14). The number of hydrogen-bond acceptors (Lipinski definition) is 3. The van der Waals surface area contributed by atoms with Crippen LogP contribution in [0.15, 0.2) is 18.3 Å². The van der Waals surface area contributed by atoms with Crippen LogP contribution in [-0.2, 0) is 0 Å². The monoisotopic (exact) mass is 274 g/mol. The molecule has 0 amide bonds. The largest absolute Gasteiger partial charge is 0.433 e. The lowest BCUT2D eigenvalue weighted by Gasteiger charge is -2.09. The molecule has 0 saturated heterocycles. The van der Waals surface area contributed by atoms with Crippen molar-refractivity contribution >= 4 is 28.8 Å². The summed E-state index contributed by atoms with van der Waals surface area (Å²) in [5.41, 5.74) is 0.576. The first kappa shape index (κ1) is 12.5. The molecule has 1 heterocycles. The number of anilines is 1. The number of pyridine rings is 1. The molecule has 1 aromatic heterocycles. The molecule has 0 spiro atoms. The molecule has 82 valence electrons. The van der Waals surface area contributed by atoms with Crippen molar-refractivity contribution in [1.82, 2.24) is 4.98 Å². The first-order valence-electron chi connectivity index (χ1n) is 4.74. The summed E-state index contributed by atoms with van der Waals surface area (Å²) in [6.45, 7) is 1.58. The summed E-state index contributed by atoms with van der Waals surface area (Å²) in [4.78, 5) is 3.97. The Morgan fingerprint density at radius 3 is 3.07 bits per heavy atom. The summed E-state index contributed by atoms with van der Waals surface area (Å²) in [5, 5.41) is 12.4. The molecule has 3 nitrogen and oxygen atoms in total. The Kier molecular flexibility index (Phi) is 5.04. The summed E-state index contributed by atoms with van der Waals surface area (Å²) in [5.74, 6) is 0.486. The van der Waals surface area contributed by atoms with Crippen molar-refractivity contribution in [3.8, 4) is 0 Å². The molecule has 0 fully saturated rings. The fraction of sp³-hybridized carbons (Fsp3) is 0.444. The van der Waals surface area contributed by atoms with Gasteiger partial charge in [0.1, 0.15) is 12.0 Å². The van der Waals surface area contributed by atoms with Crippen molar-refractivity contribution in [1.29, 1.82) is 0 Å². The number of hydrogen-bond donors (Lipinski definition) is 2. The molecule has 0 bridgehead atoms. The zero-order chi connectivity index (χ0) is 11.3. The highest BCUT2D eigenvalue weighted by atomic mass is 79.9. The zero-order valence-corrected chi connectivity index (χ0v) is 10.0. The number of nitrogens with one attached hydrogen (secondary N) is 1. The van der Waals surface area contributed by atoms with Gasteiger partial charge >= 0.3 is 7.05 Å². The van der Waals surface area contributed by atoms with Gasteiger partial charge in [-0.05, 0) is 30.9 Å². The first-order chi connectivity index (χ1) is 7.13. The Balaban J connectivity index is 2.73. The lowest BCUT2D eigenvalue weighted by atomic mass is 9.89. The maximum Gasteiger partial charge on any atom is 0.408 e. The van der Waals surface area contributed by atoms with Crippen molar-refractivity contribution in [2.24, 2.45) is 0 Å². The van der Waals surface area contributed by atoms with Crippen LogP contribution in [0.3, 0.4) is 0 Å². The lowest BCUT2D eigenvalue weighted by molar-refractivity contribution is 0.337. The lowest BCUT2D eigenvalue weighted by Crippen LogP contribution is -2.20. The van der Waals surface area contributed by atoms with E-state index in [2.05, 4.69) is 26.1 Å². The maximum absolute atomic E-state index is 13.5. The van der Waals surface area contributed by atoms with Crippen LogP contribution in [0.4, 0.5) is 10.2 Å². The SMILES string of the molecule is CB(O)Nc1cc(C(F)CCBr)ccn1. The maximum atomic E-state index is 13.5. The molecule has 2 N–H and O–H groups in total. The molecule has 0 aliphatic heterocycles. The molecular formula is C9H13BBrFN2O. The van der Waals surface area contributed by atoms with Gasteiger partial charge in [0.25, 0.3) is 0 Å². The van der Waals surface area contributed by atoms with Crippen LogP contribution in [0.25, 0.3) is 0 Å². The second-order valence-electron chi connectivity index (χ2n) is 3.24. The van der Waals surface area contributed by atoms with Gasteiger partial charge in [-0.25, -0.2) is 9.37 Å². The van der Waals surface area contributed by atoms with Crippen molar-refractivity contribution < 1.29 is 9.41 Å². The number of halogens is 2. The quantitative estimate of drug-likeness (QED) is 0.640. The van der Waals surface area contributed by atoms with Gasteiger partial charge in [0, 0.05) is 11.5 Å². The Morgan fingerprint density at radius 1 is 1.73 bits per heavy atom. The van der Waals surface area contributed by atoms with Gasteiger partial charge in [-0.2, -0.15) is 0 Å². The van der Waals surface area contributed by atoms with Gasteiger partial charge in [-0.15, -0.1) is 0 Å². The third kappa shape index (κ3) is 4.18. The highest BCUT2D eigenvalue weighted by molar-refractivity contribution is 9.09. The molecule has 1 rings (SSSR count). The fourth-order valence-electron chi connectivity index (χ4n) is 1.20. The summed E-state index contributed by atoms with van der Waals surface area (Å²) in [6.07, 6.45) is 0.959. The molecular weight excluding hydrogens is 262 g/mol. The average Bonchev–Trinajstić information content (AvgIpc) is 2.17. The van der Waals surface area contributed by atoms with E-state index in [0.717, 1.165) is 0 Å². The normalized spacial score (nSPS) is 12.3. The van der Waals surface area contributed by atoms with Crippen LogP contribution in [0.1, 0.15) is 18.2 Å². The van der Waals surface area contributed by atoms with E-state index in [0.29, 0.717) is 23.1 Å². The van der Waals surface area contributed by atoms with E-state index >= 15 is 0 Å². The van der Waals surface area contributed by atoms with Gasteiger partial charge in [0.05, 0.1) is 0 Å². The van der Waals surface area contributed by atoms with Gasteiger partial charge in [-0.3, -0.25) is 0 Å². The van der Waals surface area contributed by atoms with Crippen molar-refractivity contribution in [3.05, 3.63) is 23.9 Å². The van der Waals surface area contributed by atoms with Crippen LogP contribution in [-0.4, -0.2) is 22.4 Å². The minimum Gasteiger partial charge on any atom is -0.433 e. The molecule has 0 aliphatic rings. The first-order valence-corrected chi connectivity index (χ1v) is 5.86. The fourth-order valence-corrected chi connectivity index (χ4v) is 1.60. The number of rotatable bonds is 5. The van der Waals surface area contributed by atoms with Crippen molar-refractivity contribution in [3.63, 3.8) is 0 Å². The van der Waals surface area contributed by atoms with Crippen molar-refractivity contribution in [2.75, 3.05) is 10.6 Å². The Bertz CT molecular complexity index is 314. The van der Waals surface area contributed by atoms with Crippen LogP contribution >= 0.6 is 15.9 Å². The van der Waals surface area contributed by atoms with Crippen molar-refractivity contribution in [2.45, 2.75) is 19.4 Å². The molecule has 0 saturated carbocycles. The smallest absolute Gasteiger partial charge is 0.408 e. The zero-order valence-electron chi connectivity index (χ0n) is 8.45. The summed E-state index contributed by atoms with van der Waals surface area (Å²) < 4.78 is 13.5. The van der Waals surface area contributed by atoms with E-state index in [4.69, 9.17) is 5.02 Å². The van der Waals surface area contributed by atoms with Gasteiger partial charge in [0.2, 0.25) is 0 Å². The molecule has 0 aliphatic carbocycles. The highest BCUT2D eigenvalue weighted by Gasteiger charge is 2.11. The van der Waals surface area contributed by atoms with Crippen LogP contribution < -0.4 is 5.23 Å². The minimum atomic E-state index is -0.998. The summed E-state index contributed by atoms with van der Waals surface area (Å²) in [7, 11) is -0.693. The third-order valence-corrected chi connectivity index (χ3v) is 2.32. The molecule has 1 aromatic rings. The molecule has 0 radical (unpaired) electrons. The highest BCUT2D eigenvalue weighted by Crippen LogP contribution is 2.23. The van der Waals surface area contributed by atoms with E-state index in [1.807, 2.05) is 0 Å². The van der Waals surface area contributed by atoms with E-state index in [1.54, 1.807) is 19.0 Å². The molecule has 1 atom stereocenters. The minimum absolute atomic E-state index is 0.429. The topological polar surface area (TPSA) is 45.1 Å². The Hall–Kier alpha value is -0.615.